The Labute approximate surface area is 276 Å². The average molecular weight is 659 g/mol. The van der Waals surface area contributed by atoms with E-state index in [1.807, 2.05) is 29.2 Å². The Bertz CT molecular complexity index is 1870. The minimum Gasteiger partial charge on any atom is -0.504 e. The number of phenolic OH excluding ortho intramolecular Hbond substituents is 1. The van der Waals surface area contributed by atoms with Crippen LogP contribution in [0, 0.1) is 0 Å². The van der Waals surface area contributed by atoms with E-state index in [-0.39, 0.29) is 46.5 Å². The molecule has 2 aliphatic rings. The first kappa shape index (κ1) is 31.9. The summed E-state index contributed by atoms with van der Waals surface area (Å²) in [7, 11) is 1.36. The first-order valence-corrected chi connectivity index (χ1v) is 15.9. The summed E-state index contributed by atoms with van der Waals surface area (Å²) in [5.74, 6) is -1.25. The van der Waals surface area contributed by atoms with Crippen molar-refractivity contribution < 1.29 is 28.6 Å². The average Bonchev–Trinajstić information content (AvgIpc) is 3.49. The van der Waals surface area contributed by atoms with Gasteiger partial charge in [-0.25, -0.2) is 0 Å². The highest BCUT2D eigenvalue weighted by molar-refractivity contribution is 6.30. The number of nitrogens with zero attached hydrogens (tertiary/aromatic N) is 3. The number of aromatic hydroxyl groups is 1. The van der Waals surface area contributed by atoms with Crippen LogP contribution in [0.2, 0.25) is 5.02 Å². The molecular weight excluding hydrogens is 624 g/mol. The number of likely N-dealkylation sites (tertiary alicyclic amines) is 1. The number of methoxy groups -OCH3 is 1. The van der Waals surface area contributed by atoms with Crippen molar-refractivity contribution in [2.75, 3.05) is 44.7 Å². The molecule has 0 spiro atoms. The molecule has 2 N–H and O–H groups in total. The Kier molecular flexibility index (Phi) is 9.35. The van der Waals surface area contributed by atoms with E-state index in [1.165, 1.54) is 19.2 Å². The van der Waals surface area contributed by atoms with Gasteiger partial charge in [0, 0.05) is 75.0 Å². The molecule has 0 bridgehead atoms. The number of benzene rings is 3. The van der Waals surface area contributed by atoms with Crippen LogP contribution in [-0.4, -0.2) is 78.5 Å². The summed E-state index contributed by atoms with van der Waals surface area (Å²) in [6.07, 6.45) is 1.65. The molecule has 2 fully saturated rings. The zero-order valence-corrected chi connectivity index (χ0v) is 26.7. The molecule has 0 unspecified atom stereocenters. The van der Waals surface area contributed by atoms with E-state index in [0.717, 1.165) is 35.8 Å². The van der Waals surface area contributed by atoms with E-state index in [2.05, 4.69) is 10.2 Å². The molecule has 1 aromatic heterocycles. The molecule has 3 aromatic carbocycles. The van der Waals surface area contributed by atoms with E-state index < -0.39 is 17.4 Å². The summed E-state index contributed by atoms with van der Waals surface area (Å²) in [5, 5.41) is 13.5. The number of hydrogen-bond donors (Lipinski definition) is 2. The predicted octanol–water partition coefficient (Wildman–Crippen LogP) is 3.97. The second kappa shape index (κ2) is 13.8. The molecule has 3 amide bonds. The van der Waals surface area contributed by atoms with E-state index in [1.54, 1.807) is 29.2 Å². The van der Waals surface area contributed by atoms with Crippen molar-refractivity contribution in [2.45, 2.75) is 31.8 Å². The van der Waals surface area contributed by atoms with Gasteiger partial charge >= 0.3 is 0 Å². The topological polar surface area (TPSA) is 133 Å². The van der Waals surface area contributed by atoms with Crippen LogP contribution < -0.4 is 20.4 Å². The van der Waals surface area contributed by atoms with Crippen molar-refractivity contribution in [1.29, 1.82) is 0 Å². The van der Waals surface area contributed by atoms with Crippen molar-refractivity contribution in [2.24, 2.45) is 0 Å². The van der Waals surface area contributed by atoms with Crippen molar-refractivity contribution in [1.82, 2.24) is 15.1 Å². The van der Waals surface area contributed by atoms with E-state index in [4.69, 9.17) is 20.8 Å². The Morgan fingerprint density at radius 2 is 1.74 bits per heavy atom. The van der Waals surface area contributed by atoms with Crippen molar-refractivity contribution in [3.63, 3.8) is 0 Å². The third kappa shape index (κ3) is 7.05. The molecule has 2 aliphatic heterocycles. The SMILES string of the molecule is COc1cc2oc(C(=O)N[C@H](Cc3ccc(Cl)cc3)C(=O)N3CCN(c4ccccc4CN4CCCC4=O)CC3)cc(=O)c2cc1O. The Morgan fingerprint density at radius 1 is 1.00 bits per heavy atom. The Hall–Kier alpha value is -5.03. The zero-order chi connectivity index (χ0) is 33.1. The molecule has 6 rings (SSSR count). The van der Waals surface area contributed by atoms with Gasteiger partial charge in [-0.05, 0) is 41.8 Å². The van der Waals surface area contributed by atoms with Gasteiger partial charge < -0.3 is 34.3 Å². The maximum absolute atomic E-state index is 14.0. The number of halogens is 1. The lowest BCUT2D eigenvalue weighted by atomic mass is 10.0. The number of ether oxygens (including phenoxy) is 1. The van der Waals surface area contributed by atoms with Crippen LogP contribution in [0.4, 0.5) is 5.69 Å². The molecule has 12 heteroatoms. The van der Waals surface area contributed by atoms with E-state index in [9.17, 15) is 24.3 Å². The normalized spacial score (nSPS) is 15.6. The minimum atomic E-state index is -0.959. The number of nitrogens with one attached hydrogen (secondary N) is 1. The van der Waals surface area contributed by atoms with Gasteiger partial charge in [-0.1, -0.05) is 41.9 Å². The lowest BCUT2D eigenvalue weighted by molar-refractivity contribution is -0.133. The monoisotopic (exact) mass is 658 g/mol. The molecular formula is C35H35ClN4O7. The van der Waals surface area contributed by atoms with Crippen molar-refractivity contribution in [3.05, 3.63) is 98.9 Å². The number of anilines is 1. The van der Waals surface area contributed by atoms with Gasteiger partial charge in [-0.15, -0.1) is 0 Å². The third-order valence-electron chi connectivity index (χ3n) is 8.67. The van der Waals surface area contributed by atoms with Gasteiger partial charge in [0.25, 0.3) is 5.91 Å². The number of fused-ring (bicyclic) bond motifs is 1. The van der Waals surface area contributed by atoms with E-state index >= 15 is 0 Å². The van der Waals surface area contributed by atoms with Crippen molar-refractivity contribution >= 4 is 46.0 Å². The smallest absolute Gasteiger partial charge is 0.287 e. The number of piperazine rings is 1. The fourth-order valence-electron chi connectivity index (χ4n) is 6.15. The third-order valence-corrected chi connectivity index (χ3v) is 8.92. The summed E-state index contributed by atoms with van der Waals surface area (Å²) in [6, 6.07) is 17.7. The van der Waals surface area contributed by atoms with Crippen LogP contribution >= 0.6 is 11.6 Å². The largest absolute Gasteiger partial charge is 0.504 e. The second-order valence-corrected chi connectivity index (χ2v) is 12.1. The fourth-order valence-corrected chi connectivity index (χ4v) is 6.28. The molecule has 3 heterocycles. The summed E-state index contributed by atoms with van der Waals surface area (Å²) < 4.78 is 10.9. The highest BCUT2D eigenvalue weighted by Crippen LogP contribution is 2.30. The molecule has 0 saturated carbocycles. The van der Waals surface area contributed by atoms with Gasteiger partial charge in [0.05, 0.1) is 12.5 Å². The number of para-hydroxylation sites is 1. The highest BCUT2D eigenvalue weighted by Gasteiger charge is 2.31. The Balaban J connectivity index is 1.19. The summed E-state index contributed by atoms with van der Waals surface area (Å²) in [4.78, 5) is 58.4. The predicted molar refractivity (Wildman–Crippen MR) is 177 cm³/mol. The zero-order valence-electron chi connectivity index (χ0n) is 25.9. The quantitative estimate of drug-likeness (QED) is 0.276. The number of rotatable bonds is 9. The van der Waals surface area contributed by atoms with Gasteiger partial charge in [0.2, 0.25) is 11.8 Å². The molecule has 47 heavy (non-hydrogen) atoms. The minimum absolute atomic E-state index is 0.0587. The molecule has 0 radical (unpaired) electrons. The maximum Gasteiger partial charge on any atom is 0.287 e. The number of carbonyl (C=O) groups excluding carboxylic acids is 3. The van der Waals surface area contributed by atoms with Gasteiger partial charge in [0.15, 0.2) is 22.7 Å². The summed E-state index contributed by atoms with van der Waals surface area (Å²) in [6.45, 7) is 3.33. The molecule has 4 aromatic rings. The molecule has 11 nitrogen and oxygen atoms in total. The first-order valence-electron chi connectivity index (χ1n) is 15.5. The van der Waals surface area contributed by atoms with Crippen molar-refractivity contribution in [3.8, 4) is 11.5 Å². The highest BCUT2D eigenvalue weighted by atomic mass is 35.5. The lowest BCUT2D eigenvalue weighted by Gasteiger charge is -2.38. The lowest BCUT2D eigenvalue weighted by Crippen LogP contribution is -2.55. The molecule has 244 valence electrons. The first-order chi connectivity index (χ1) is 22.7. The summed E-state index contributed by atoms with van der Waals surface area (Å²) in [5.41, 5.74) is 2.43. The van der Waals surface area contributed by atoms with Gasteiger partial charge in [-0.2, -0.15) is 0 Å². The summed E-state index contributed by atoms with van der Waals surface area (Å²) >= 11 is 6.09. The van der Waals surface area contributed by atoms with Crippen LogP contribution in [0.25, 0.3) is 11.0 Å². The van der Waals surface area contributed by atoms with Crippen LogP contribution in [0.15, 0.2) is 75.9 Å². The standard InChI is InChI=1S/C35H35ClN4O7/c1-46-31-20-30-25(18-29(31)42)28(41)19-32(47-30)34(44)37-26(17-22-8-10-24(36)11-9-22)35(45)39-15-13-38(14-16-39)27-6-3-2-5-23(27)21-40-12-4-7-33(40)43/h2-3,5-6,8-11,18-20,26,42H,4,7,12-17,21H2,1H3,(H,37,44)/t26-/m1/s1. The second-order valence-electron chi connectivity index (χ2n) is 11.7. The number of hydrogen-bond acceptors (Lipinski definition) is 8. The van der Waals surface area contributed by atoms with Gasteiger partial charge in [0.1, 0.15) is 11.6 Å². The molecule has 2 saturated heterocycles. The maximum atomic E-state index is 14.0. The fraction of sp³-hybridized carbons (Fsp3) is 0.314. The molecule has 0 aliphatic carbocycles. The van der Waals surface area contributed by atoms with Crippen LogP contribution in [0.1, 0.15) is 34.5 Å². The van der Waals surface area contributed by atoms with Crippen LogP contribution in [-0.2, 0) is 22.6 Å². The van der Waals surface area contributed by atoms with Crippen LogP contribution in [0.3, 0.4) is 0 Å². The number of amides is 3. The number of carbonyl (C=O) groups is 3. The van der Waals surface area contributed by atoms with Crippen LogP contribution in [0.5, 0.6) is 11.5 Å². The van der Waals surface area contributed by atoms with E-state index in [0.29, 0.717) is 44.2 Å². The molecule has 1 atom stereocenters. The number of phenols is 1. The van der Waals surface area contributed by atoms with Gasteiger partial charge in [-0.3, -0.25) is 19.2 Å². The Morgan fingerprint density at radius 3 is 2.45 bits per heavy atom.